The first-order chi connectivity index (χ1) is 33.0. The minimum absolute atomic E-state index is 0.0610. The van der Waals surface area contributed by atoms with Crippen LogP contribution in [0.3, 0.4) is 0 Å². The largest absolute Gasteiger partial charge is 0.462 e. The summed E-state index contributed by atoms with van der Waals surface area (Å²) >= 11 is 0. The molecule has 0 saturated heterocycles. The summed E-state index contributed by atoms with van der Waals surface area (Å²) in [7, 11) is 0. The van der Waals surface area contributed by atoms with Gasteiger partial charge in [0, 0.05) is 19.3 Å². The number of esters is 3. The van der Waals surface area contributed by atoms with Crippen molar-refractivity contribution in [3.8, 4) is 0 Å². The third-order valence-electron chi connectivity index (χ3n) is 14.1. The lowest BCUT2D eigenvalue weighted by Gasteiger charge is -2.18. The Bertz CT molecular complexity index is 940. The minimum Gasteiger partial charge on any atom is -0.462 e. The lowest BCUT2D eigenvalue weighted by molar-refractivity contribution is -0.167. The fraction of sp³-hybridized carbons (Fsp3) is 0.951. The number of ether oxygens (including phenoxy) is 3. The third kappa shape index (κ3) is 55.2. The minimum atomic E-state index is -0.761. The van der Waals surface area contributed by atoms with E-state index in [2.05, 4.69) is 20.8 Å². The van der Waals surface area contributed by atoms with Crippen LogP contribution in [0.15, 0.2) is 0 Å². The molecular formula is C61H118O6. The average Bonchev–Trinajstić information content (AvgIpc) is 3.33. The second-order valence-corrected chi connectivity index (χ2v) is 21.0. The van der Waals surface area contributed by atoms with Crippen LogP contribution in [0.4, 0.5) is 0 Å². The molecular weight excluding hydrogens is 829 g/mol. The molecule has 0 aliphatic rings. The van der Waals surface area contributed by atoms with Gasteiger partial charge in [-0.1, -0.05) is 316 Å². The van der Waals surface area contributed by atoms with E-state index >= 15 is 0 Å². The summed E-state index contributed by atoms with van der Waals surface area (Å²) in [5.41, 5.74) is 0. The molecule has 398 valence electrons. The highest BCUT2D eigenvalue weighted by Gasteiger charge is 2.19. The van der Waals surface area contributed by atoms with Gasteiger partial charge in [-0.15, -0.1) is 0 Å². The summed E-state index contributed by atoms with van der Waals surface area (Å²) in [6.45, 7) is 6.71. The highest BCUT2D eigenvalue weighted by Crippen LogP contribution is 2.18. The molecule has 0 radical (unpaired) electrons. The number of hydrogen-bond donors (Lipinski definition) is 0. The number of carbonyl (C=O) groups is 3. The molecule has 0 aromatic rings. The highest BCUT2D eigenvalue weighted by atomic mass is 16.6. The van der Waals surface area contributed by atoms with Gasteiger partial charge in [-0.2, -0.15) is 0 Å². The molecule has 0 saturated carbocycles. The summed E-state index contributed by atoms with van der Waals surface area (Å²) in [6.07, 6.45) is 63.9. The first kappa shape index (κ1) is 65.4. The number of hydrogen-bond acceptors (Lipinski definition) is 6. The van der Waals surface area contributed by atoms with Gasteiger partial charge in [-0.25, -0.2) is 0 Å². The summed E-state index contributed by atoms with van der Waals surface area (Å²) in [6, 6.07) is 0. The molecule has 0 unspecified atom stereocenters. The average molecular weight is 948 g/mol. The maximum Gasteiger partial charge on any atom is 0.306 e. The smallest absolute Gasteiger partial charge is 0.306 e. The molecule has 0 bridgehead atoms. The quantitative estimate of drug-likeness (QED) is 0.0343. The van der Waals surface area contributed by atoms with Crippen molar-refractivity contribution in [2.24, 2.45) is 0 Å². The molecule has 0 N–H and O–H groups in total. The van der Waals surface area contributed by atoms with E-state index in [-0.39, 0.29) is 31.1 Å². The van der Waals surface area contributed by atoms with E-state index < -0.39 is 6.10 Å². The first-order valence-electron chi connectivity index (χ1n) is 30.5. The van der Waals surface area contributed by atoms with E-state index in [0.29, 0.717) is 19.3 Å². The van der Waals surface area contributed by atoms with Gasteiger partial charge in [0.1, 0.15) is 13.2 Å². The lowest BCUT2D eigenvalue weighted by Crippen LogP contribution is -2.30. The van der Waals surface area contributed by atoms with E-state index in [0.717, 1.165) is 57.8 Å². The molecule has 0 amide bonds. The van der Waals surface area contributed by atoms with Crippen LogP contribution < -0.4 is 0 Å². The predicted octanol–water partition coefficient (Wildman–Crippen LogP) is 20.3. The van der Waals surface area contributed by atoms with Gasteiger partial charge in [0.15, 0.2) is 6.10 Å². The Morgan fingerprint density at radius 2 is 0.403 bits per heavy atom. The fourth-order valence-electron chi connectivity index (χ4n) is 9.51. The molecule has 67 heavy (non-hydrogen) atoms. The van der Waals surface area contributed by atoms with Crippen LogP contribution in [0.5, 0.6) is 0 Å². The van der Waals surface area contributed by atoms with Crippen molar-refractivity contribution in [1.29, 1.82) is 0 Å². The molecule has 0 aliphatic heterocycles. The molecule has 0 aromatic carbocycles. The number of rotatable bonds is 57. The molecule has 0 aromatic heterocycles. The van der Waals surface area contributed by atoms with E-state index in [4.69, 9.17) is 14.2 Å². The van der Waals surface area contributed by atoms with Crippen molar-refractivity contribution in [2.75, 3.05) is 13.2 Å². The Hall–Kier alpha value is -1.59. The maximum absolute atomic E-state index is 12.8. The van der Waals surface area contributed by atoms with Crippen LogP contribution in [0.25, 0.3) is 0 Å². The van der Waals surface area contributed by atoms with Gasteiger partial charge in [-0.3, -0.25) is 14.4 Å². The Morgan fingerprint density at radius 1 is 0.239 bits per heavy atom. The molecule has 0 rings (SSSR count). The molecule has 0 aliphatic carbocycles. The number of unbranched alkanes of at least 4 members (excludes halogenated alkanes) is 46. The van der Waals surface area contributed by atoms with Crippen molar-refractivity contribution in [3.63, 3.8) is 0 Å². The van der Waals surface area contributed by atoms with Crippen LogP contribution in [0, 0.1) is 0 Å². The maximum atomic E-state index is 12.8. The van der Waals surface area contributed by atoms with Gasteiger partial charge in [0.2, 0.25) is 0 Å². The molecule has 6 nitrogen and oxygen atoms in total. The Kier molecular flexibility index (Phi) is 55.6. The monoisotopic (exact) mass is 947 g/mol. The Labute approximate surface area is 418 Å². The second kappa shape index (κ2) is 57.0. The molecule has 6 heteroatoms. The topological polar surface area (TPSA) is 78.9 Å². The van der Waals surface area contributed by atoms with Crippen molar-refractivity contribution in [3.05, 3.63) is 0 Å². The van der Waals surface area contributed by atoms with Gasteiger partial charge >= 0.3 is 17.9 Å². The van der Waals surface area contributed by atoms with Gasteiger partial charge in [-0.05, 0) is 19.3 Å². The normalized spacial score (nSPS) is 11.5. The van der Waals surface area contributed by atoms with Gasteiger partial charge < -0.3 is 14.2 Å². The van der Waals surface area contributed by atoms with Crippen LogP contribution in [0.1, 0.15) is 355 Å². The van der Waals surface area contributed by atoms with E-state index in [1.165, 1.54) is 257 Å². The predicted molar refractivity (Wildman–Crippen MR) is 289 cm³/mol. The summed E-state index contributed by atoms with van der Waals surface area (Å²) in [5, 5.41) is 0. The van der Waals surface area contributed by atoms with Crippen molar-refractivity contribution in [1.82, 2.24) is 0 Å². The van der Waals surface area contributed by atoms with Crippen molar-refractivity contribution in [2.45, 2.75) is 361 Å². The summed E-state index contributed by atoms with van der Waals surface area (Å²) < 4.78 is 16.9. The van der Waals surface area contributed by atoms with E-state index in [1.54, 1.807) is 0 Å². The highest BCUT2D eigenvalue weighted by molar-refractivity contribution is 5.71. The van der Waals surface area contributed by atoms with E-state index in [1.807, 2.05) is 0 Å². The van der Waals surface area contributed by atoms with Crippen LogP contribution >= 0.6 is 0 Å². The standard InChI is InChI=1S/C61H118O6/c1-4-7-10-13-16-19-22-24-26-28-30-32-34-36-39-41-44-47-50-53-59(62)65-56-58(67-61(64)55-52-49-46-43-38-21-18-15-12-9-6-3)57-66-60(63)54-51-48-45-42-40-37-35-33-31-29-27-25-23-20-17-14-11-8-5-2/h58H,4-57H2,1-3H3. The Morgan fingerprint density at radius 3 is 0.597 bits per heavy atom. The zero-order valence-corrected chi connectivity index (χ0v) is 45.7. The second-order valence-electron chi connectivity index (χ2n) is 21.0. The molecule has 0 spiro atoms. The third-order valence-corrected chi connectivity index (χ3v) is 14.1. The fourth-order valence-corrected chi connectivity index (χ4v) is 9.51. The van der Waals surface area contributed by atoms with E-state index in [9.17, 15) is 14.4 Å². The molecule has 0 atom stereocenters. The summed E-state index contributed by atoms with van der Waals surface area (Å²) in [5.74, 6) is -0.830. The Balaban J connectivity index is 4.20. The van der Waals surface area contributed by atoms with Crippen molar-refractivity contribution >= 4 is 17.9 Å². The number of carbonyl (C=O) groups excluding carboxylic acids is 3. The SMILES string of the molecule is CCCCCCCCCCCCCCCCCCCCCC(=O)OCC(COC(=O)CCCCCCCCCCCCCCCCCCCCC)OC(=O)CCCCCCCCCCCCC. The summed E-state index contributed by atoms with van der Waals surface area (Å²) in [4.78, 5) is 38.2. The van der Waals surface area contributed by atoms with Crippen LogP contribution in [-0.4, -0.2) is 37.2 Å². The zero-order valence-electron chi connectivity index (χ0n) is 45.7. The van der Waals surface area contributed by atoms with Crippen molar-refractivity contribution < 1.29 is 28.6 Å². The molecule has 0 fully saturated rings. The van der Waals surface area contributed by atoms with Crippen LogP contribution in [0.2, 0.25) is 0 Å². The first-order valence-corrected chi connectivity index (χ1v) is 30.5. The van der Waals surface area contributed by atoms with Gasteiger partial charge in [0.25, 0.3) is 0 Å². The van der Waals surface area contributed by atoms with Gasteiger partial charge in [0.05, 0.1) is 0 Å². The van der Waals surface area contributed by atoms with Crippen LogP contribution in [-0.2, 0) is 28.6 Å². The molecule has 0 heterocycles. The zero-order chi connectivity index (χ0) is 48.6. The lowest BCUT2D eigenvalue weighted by atomic mass is 10.0.